The van der Waals surface area contributed by atoms with Crippen molar-refractivity contribution >= 4 is 28.2 Å². The van der Waals surface area contributed by atoms with Crippen molar-refractivity contribution < 1.29 is 9.53 Å². The van der Waals surface area contributed by atoms with E-state index >= 15 is 0 Å². The summed E-state index contributed by atoms with van der Waals surface area (Å²) in [5.41, 5.74) is 5.92. The molecule has 2 heterocycles. The lowest BCUT2D eigenvalue weighted by Gasteiger charge is -2.26. The van der Waals surface area contributed by atoms with Crippen molar-refractivity contribution in [3.05, 3.63) is 4.88 Å². The summed E-state index contributed by atoms with van der Waals surface area (Å²) in [5.74, 6) is 0.283. The third-order valence-corrected chi connectivity index (χ3v) is 4.81. The second-order valence-electron chi connectivity index (χ2n) is 4.98. The fourth-order valence-corrected chi connectivity index (χ4v) is 3.02. The zero-order valence-electron chi connectivity index (χ0n) is 12.3. The molecule has 1 saturated heterocycles. The number of aromatic nitrogens is 1. The number of ether oxygens (including phenoxy) is 1. The molecule has 1 amide bonds. The molecule has 1 aromatic rings. The van der Waals surface area contributed by atoms with Gasteiger partial charge >= 0.3 is 0 Å². The predicted molar refractivity (Wildman–Crippen MR) is 81.4 cm³/mol. The number of rotatable bonds is 4. The van der Waals surface area contributed by atoms with Gasteiger partial charge in [-0.1, -0.05) is 18.3 Å². The van der Waals surface area contributed by atoms with Gasteiger partial charge < -0.3 is 20.3 Å². The third kappa shape index (κ3) is 3.04. The minimum absolute atomic E-state index is 0.0474. The molecule has 1 aromatic heterocycles. The van der Waals surface area contributed by atoms with Crippen molar-refractivity contribution in [3.63, 3.8) is 0 Å². The summed E-state index contributed by atoms with van der Waals surface area (Å²) in [4.78, 5) is 21.2. The fraction of sp³-hybridized carbons (Fsp3) is 0.692. The van der Waals surface area contributed by atoms with E-state index in [0.29, 0.717) is 23.9 Å². The molecule has 2 rings (SSSR count). The van der Waals surface area contributed by atoms with Crippen LogP contribution in [0.4, 0.5) is 10.9 Å². The van der Waals surface area contributed by atoms with Crippen LogP contribution >= 0.6 is 11.3 Å². The SMILES string of the molecule is CCC(C)N(C)C(=O)c1sc(N2CCOCC2)nc1N. The van der Waals surface area contributed by atoms with E-state index < -0.39 is 0 Å². The average Bonchev–Trinajstić information content (AvgIpc) is 2.87. The molecule has 0 saturated carbocycles. The van der Waals surface area contributed by atoms with Crippen LogP contribution in [0.1, 0.15) is 29.9 Å². The smallest absolute Gasteiger partial charge is 0.267 e. The molecule has 2 N–H and O–H groups in total. The van der Waals surface area contributed by atoms with E-state index in [2.05, 4.69) is 16.8 Å². The Kier molecular flexibility index (Phi) is 4.82. The van der Waals surface area contributed by atoms with Crippen molar-refractivity contribution in [2.45, 2.75) is 26.3 Å². The molecule has 6 nitrogen and oxygen atoms in total. The summed E-state index contributed by atoms with van der Waals surface area (Å²) in [5, 5.41) is 0.812. The Morgan fingerprint density at radius 3 is 2.80 bits per heavy atom. The number of carbonyl (C=O) groups excluding carboxylic acids is 1. The van der Waals surface area contributed by atoms with Gasteiger partial charge in [0.05, 0.1) is 13.2 Å². The minimum Gasteiger partial charge on any atom is -0.382 e. The zero-order chi connectivity index (χ0) is 14.7. The van der Waals surface area contributed by atoms with Gasteiger partial charge in [0.15, 0.2) is 5.13 Å². The van der Waals surface area contributed by atoms with Crippen molar-refractivity contribution in [1.82, 2.24) is 9.88 Å². The topological polar surface area (TPSA) is 71.7 Å². The van der Waals surface area contributed by atoms with Crippen molar-refractivity contribution in [2.75, 3.05) is 44.0 Å². The van der Waals surface area contributed by atoms with Gasteiger partial charge in [0, 0.05) is 26.2 Å². The fourth-order valence-electron chi connectivity index (χ4n) is 2.00. The van der Waals surface area contributed by atoms with Crippen LogP contribution in [-0.4, -0.2) is 55.2 Å². The van der Waals surface area contributed by atoms with E-state index in [4.69, 9.17) is 10.5 Å². The average molecular weight is 298 g/mol. The Hall–Kier alpha value is -1.34. The Bertz CT molecular complexity index is 471. The van der Waals surface area contributed by atoms with Crippen molar-refractivity contribution in [3.8, 4) is 0 Å². The predicted octanol–water partition coefficient (Wildman–Crippen LogP) is 1.43. The first-order valence-corrected chi connectivity index (χ1v) is 7.72. The number of nitrogens with zero attached hydrogens (tertiary/aromatic N) is 3. The molecule has 1 aliphatic rings. The molecule has 1 fully saturated rings. The van der Waals surface area contributed by atoms with Crippen LogP contribution in [0.25, 0.3) is 0 Å². The van der Waals surface area contributed by atoms with Gasteiger partial charge in [-0.15, -0.1) is 0 Å². The van der Waals surface area contributed by atoms with Gasteiger partial charge in [-0.3, -0.25) is 4.79 Å². The first kappa shape index (κ1) is 15.1. The molecule has 0 aliphatic carbocycles. The Morgan fingerprint density at radius 2 is 2.20 bits per heavy atom. The van der Waals surface area contributed by atoms with Crippen LogP contribution in [0.15, 0.2) is 0 Å². The molecular weight excluding hydrogens is 276 g/mol. The summed E-state index contributed by atoms with van der Waals surface area (Å²) >= 11 is 1.37. The Balaban J connectivity index is 2.16. The van der Waals surface area contributed by atoms with Gasteiger partial charge in [0.25, 0.3) is 5.91 Å². The van der Waals surface area contributed by atoms with E-state index in [1.807, 2.05) is 14.0 Å². The standard InChI is InChI=1S/C13H22N4O2S/c1-4-9(2)16(3)12(18)10-11(14)15-13(20-10)17-5-7-19-8-6-17/h9H,4-8,14H2,1-3H3. The maximum atomic E-state index is 12.4. The maximum absolute atomic E-state index is 12.4. The third-order valence-electron chi connectivity index (χ3n) is 3.69. The highest BCUT2D eigenvalue weighted by Gasteiger charge is 2.24. The number of hydrogen-bond acceptors (Lipinski definition) is 6. The van der Waals surface area contributed by atoms with Gasteiger partial charge in [-0.2, -0.15) is 0 Å². The van der Waals surface area contributed by atoms with Gasteiger partial charge in [0.2, 0.25) is 0 Å². The van der Waals surface area contributed by atoms with Crippen LogP contribution in [-0.2, 0) is 4.74 Å². The highest BCUT2D eigenvalue weighted by Crippen LogP contribution is 2.30. The summed E-state index contributed by atoms with van der Waals surface area (Å²) in [6.45, 7) is 7.05. The number of amides is 1. The highest BCUT2D eigenvalue weighted by atomic mass is 32.1. The van der Waals surface area contributed by atoms with Crippen LogP contribution < -0.4 is 10.6 Å². The lowest BCUT2D eigenvalue weighted by molar-refractivity contribution is 0.0746. The monoisotopic (exact) mass is 298 g/mol. The quantitative estimate of drug-likeness (QED) is 0.910. The molecular formula is C13H22N4O2S. The number of carbonyl (C=O) groups is 1. The second-order valence-corrected chi connectivity index (χ2v) is 5.96. The lowest BCUT2D eigenvalue weighted by atomic mass is 10.2. The number of anilines is 2. The van der Waals surface area contributed by atoms with E-state index in [1.165, 1.54) is 11.3 Å². The summed E-state index contributed by atoms with van der Waals surface area (Å²) in [6, 6.07) is 0.191. The molecule has 1 aliphatic heterocycles. The molecule has 0 aromatic carbocycles. The molecule has 0 spiro atoms. The normalized spacial score (nSPS) is 17.1. The van der Waals surface area contributed by atoms with Crippen LogP contribution in [0.3, 0.4) is 0 Å². The van der Waals surface area contributed by atoms with Crippen molar-refractivity contribution in [1.29, 1.82) is 0 Å². The molecule has 112 valence electrons. The largest absolute Gasteiger partial charge is 0.382 e. The zero-order valence-corrected chi connectivity index (χ0v) is 13.1. The molecule has 1 atom stereocenters. The van der Waals surface area contributed by atoms with E-state index in [1.54, 1.807) is 4.90 Å². The maximum Gasteiger partial charge on any atom is 0.267 e. The molecule has 0 bridgehead atoms. The van der Waals surface area contributed by atoms with E-state index in [-0.39, 0.29) is 11.9 Å². The number of nitrogen functional groups attached to an aromatic ring is 1. The van der Waals surface area contributed by atoms with Gasteiger partial charge in [-0.05, 0) is 13.3 Å². The first-order valence-electron chi connectivity index (χ1n) is 6.90. The minimum atomic E-state index is -0.0474. The van der Waals surface area contributed by atoms with Crippen LogP contribution in [0.2, 0.25) is 0 Å². The van der Waals surface area contributed by atoms with Crippen molar-refractivity contribution in [2.24, 2.45) is 0 Å². The van der Waals surface area contributed by atoms with Gasteiger partial charge in [0.1, 0.15) is 10.7 Å². The van der Waals surface area contributed by atoms with Crippen LogP contribution in [0.5, 0.6) is 0 Å². The van der Waals surface area contributed by atoms with Gasteiger partial charge in [-0.25, -0.2) is 4.98 Å². The van der Waals surface area contributed by atoms with E-state index in [0.717, 1.165) is 24.6 Å². The Labute approximate surface area is 123 Å². The number of thiazole rings is 1. The number of nitrogens with two attached hydrogens (primary N) is 1. The molecule has 1 unspecified atom stereocenters. The molecule has 20 heavy (non-hydrogen) atoms. The number of hydrogen-bond donors (Lipinski definition) is 1. The summed E-state index contributed by atoms with van der Waals surface area (Å²) in [6.07, 6.45) is 0.914. The second kappa shape index (κ2) is 6.41. The lowest BCUT2D eigenvalue weighted by Crippen LogP contribution is -2.36. The highest BCUT2D eigenvalue weighted by molar-refractivity contribution is 7.18. The van der Waals surface area contributed by atoms with E-state index in [9.17, 15) is 4.79 Å². The molecule has 0 radical (unpaired) electrons. The number of morpholine rings is 1. The molecule has 7 heteroatoms. The summed E-state index contributed by atoms with van der Waals surface area (Å²) < 4.78 is 5.32. The summed E-state index contributed by atoms with van der Waals surface area (Å²) in [7, 11) is 1.81. The Morgan fingerprint density at radius 1 is 1.55 bits per heavy atom. The first-order chi connectivity index (χ1) is 9.54. The van der Waals surface area contributed by atoms with Crippen LogP contribution in [0, 0.1) is 0 Å².